The predicted octanol–water partition coefficient (Wildman–Crippen LogP) is 2.06. The molecule has 0 amide bonds. The van der Waals surface area contributed by atoms with Gasteiger partial charge in [-0.15, -0.1) is 0 Å². The summed E-state index contributed by atoms with van der Waals surface area (Å²) in [6.07, 6.45) is 1.96. The third-order valence-corrected chi connectivity index (χ3v) is 5.62. The molecule has 1 heterocycles. The minimum absolute atomic E-state index is 0.00178. The highest BCUT2D eigenvalue weighted by atomic mass is 16.5. The van der Waals surface area contributed by atoms with Crippen LogP contribution in [-0.4, -0.2) is 39.3 Å². The highest BCUT2D eigenvalue weighted by Gasteiger charge is 2.55. The lowest BCUT2D eigenvalue weighted by Crippen LogP contribution is -2.47. The van der Waals surface area contributed by atoms with E-state index in [4.69, 9.17) is 15.2 Å². The fourth-order valence-corrected chi connectivity index (χ4v) is 4.32. The average molecular weight is 375 g/mol. The van der Waals surface area contributed by atoms with Gasteiger partial charge in [0, 0.05) is 30.5 Å². The first-order valence-electron chi connectivity index (χ1n) is 8.81. The molecule has 7 heteroatoms. The first-order valence-corrected chi connectivity index (χ1v) is 8.81. The molecule has 0 saturated carbocycles. The Morgan fingerprint density at radius 2 is 1.89 bits per heavy atom. The first kappa shape index (κ1) is 19.3. The number of nitriles is 3. The normalized spacial score (nSPS) is 23.5. The SMILES string of the molecule is COc1cccc([C@@H]2[C@@H]3CN(C)CC=C3C(C#N)=C(N)C2(C#N)C#N)c1OC. The van der Waals surface area contributed by atoms with Crippen molar-refractivity contribution in [2.45, 2.75) is 5.92 Å². The molecule has 0 saturated heterocycles. The summed E-state index contributed by atoms with van der Waals surface area (Å²) >= 11 is 0. The van der Waals surface area contributed by atoms with Crippen molar-refractivity contribution < 1.29 is 9.47 Å². The predicted molar refractivity (Wildman–Crippen MR) is 102 cm³/mol. The van der Waals surface area contributed by atoms with Crippen molar-refractivity contribution in [3.63, 3.8) is 0 Å². The Hall–Kier alpha value is -3.47. The quantitative estimate of drug-likeness (QED) is 0.858. The molecule has 1 aliphatic heterocycles. The van der Waals surface area contributed by atoms with Crippen LogP contribution in [0.4, 0.5) is 0 Å². The molecule has 0 bridgehead atoms. The molecular formula is C21H21N5O2. The Balaban J connectivity index is 2.39. The number of allylic oxidation sites excluding steroid dienone is 2. The molecule has 0 fully saturated rings. The van der Waals surface area contributed by atoms with E-state index in [0.717, 1.165) is 5.57 Å². The van der Waals surface area contributed by atoms with E-state index in [9.17, 15) is 15.8 Å². The maximum absolute atomic E-state index is 10.1. The highest BCUT2D eigenvalue weighted by Crippen LogP contribution is 2.56. The summed E-state index contributed by atoms with van der Waals surface area (Å²) in [5.41, 5.74) is 6.30. The number of hydrogen-bond donors (Lipinski definition) is 1. The topological polar surface area (TPSA) is 119 Å². The van der Waals surface area contributed by atoms with Gasteiger partial charge in [0.1, 0.15) is 6.07 Å². The van der Waals surface area contributed by atoms with Crippen LogP contribution >= 0.6 is 0 Å². The number of para-hydroxylation sites is 1. The first-order chi connectivity index (χ1) is 13.5. The monoisotopic (exact) mass is 375 g/mol. The Morgan fingerprint density at radius 1 is 1.18 bits per heavy atom. The van der Waals surface area contributed by atoms with Crippen molar-refractivity contribution in [2.24, 2.45) is 17.1 Å². The smallest absolute Gasteiger partial charge is 0.191 e. The van der Waals surface area contributed by atoms with E-state index in [1.807, 2.05) is 19.2 Å². The van der Waals surface area contributed by atoms with Gasteiger partial charge in [-0.2, -0.15) is 15.8 Å². The van der Waals surface area contributed by atoms with Crippen molar-refractivity contribution in [1.82, 2.24) is 4.90 Å². The Labute approximate surface area is 164 Å². The van der Waals surface area contributed by atoms with Gasteiger partial charge in [0.25, 0.3) is 0 Å². The lowest BCUT2D eigenvalue weighted by atomic mass is 9.58. The zero-order valence-electron chi connectivity index (χ0n) is 16.1. The minimum atomic E-state index is -1.69. The van der Waals surface area contributed by atoms with Crippen molar-refractivity contribution >= 4 is 0 Å². The summed E-state index contributed by atoms with van der Waals surface area (Å²) in [6.45, 7) is 1.25. The number of methoxy groups -OCH3 is 2. The van der Waals surface area contributed by atoms with Gasteiger partial charge in [-0.05, 0) is 18.7 Å². The zero-order valence-corrected chi connectivity index (χ0v) is 16.1. The van der Waals surface area contributed by atoms with Crippen LogP contribution in [0.3, 0.4) is 0 Å². The van der Waals surface area contributed by atoms with Gasteiger partial charge in [0.2, 0.25) is 0 Å². The lowest BCUT2D eigenvalue weighted by molar-refractivity contribution is 0.233. The van der Waals surface area contributed by atoms with Gasteiger partial charge in [0.15, 0.2) is 16.9 Å². The summed E-state index contributed by atoms with van der Waals surface area (Å²) < 4.78 is 11.0. The van der Waals surface area contributed by atoms with Gasteiger partial charge in [-0.1, -0.05) is 18.2 Å². The molecule has 28 heavy (non-hydrogen) atoms. The van der Waals surface area contributed by atoms with Crippen LogP contribution in [0.2, 0.25) is 0 Å². The van der Waals surface area contributed by atoms with Crippen molar-refractivity contribution in [1.29, 1.82) is 15.8 Å². The maximum atomic E-state index is 10.1. The molecule has 0 spiro atoms. The van der Waals surface area contributed by atoms with E-state index in [1.165, 1.54) is 14.2 Å². The van der Waals surface area contributed by atoms with Crippen molar-refractivity contribution in [3.8, 4) is 29.7 Å². The Kier molecular flexibility index (Phi) is 5.01. The highest BCUT2D eigenvalue weighted by molar-refractivity contribution is 5.62. The number of hydrogen-bond acceptors (Lipinski definition) is 7. The lowest BCUT2D eigenvalue weighted by Gasteiger charge is -2.45. The molecule has 2 atom stereocenters. The van der Waals surface area contributed by atoms with Crippen LogP contribution in [0, 0.1) is 45.3 Å². The van der Waals surface area contributed by atoms with Crippen LogP contribution in [-0.2, 0) is 0 Å². The van der Waals surface area contributed by atoms with Crippen molar-refractivity contribution in [3.05, 3.63) is 46.7 Å². The van der Waals surface area contributed by atoms with E-state index in [-0.39, 0.29) is 17.2 Å². The number of ether oxygens (including phenoxy) is 2. The van der Waals surface area contributed by atoms with Gasteiger partial charge in [0.05, 0.1) is 37.6 Å². The molecule has 0 aromatic heterocycles. The number of rotatable bonds is 3. The standard InChI is InChI=1S/C21H21N5O2/c1-26-8-7-13-15(9-22)20(25)21(11-23,12-24)18(16(13)10-26)14-5-4-6-17(27-2)19(14)28-3/h4-7,16,18H,8,10,25H2,1-3H3/t16-,18-/m1/s1. The fraction of sp³-hybridized carbons (Fsp3) is 0.381. The second-order valence-corrected chi connectivity index (χ2v) is 6.98. The summed E-state index contributed by atoms with van der Waals surface area (Å²) in [6, 6.07) is 11.8. The van der Waals surface area contributed by atoms with Crippen LogP contribution in [0.15, 0.2) is 41.1 Å². The molecule has 7 nitrogen and oxygen atoms in total. The Morgan fingerprint density at radius 3 is 2.46 bits per heavy atom. The summed E-state index contributed by atoms with van der Waals surface area (Å²) in [7, 11) is 5.02. The minimum Gasteiger partial charge on any atom is -0.493 e. The number of fused-ring (bicyclic) bond motifs is 1. The van der Waals surface area contributed by atoms with Crippen LogP contribution < -0.4 is 15.2 Å². The zero-order chi connectivity index (χ0) is 20.5. The molecule has 1 aromatic carbocycles. The van der Waals surface area contributed by atoms with Gasteiger partial charge in [-0.3, -0.25) is 0 Å². The van der Waals surface area contributed by atoms with Crippen molar-refractivity contribution in [2.75, 3.05) is 34.4 Å². The molecule has 0 unspecified atom stereocenters. The largest absolute Gasteiger partial charge is 0.493 e. The third kappa shape index (κ3) is 2.59. The van der Waals surface area contributed by atoms with Gasteiger partial charge in [-0.25, -0.2) is 0 Å². The molecule has 2 N–H and O–H groups in total. The molecular weight excluding hydrogens is 354 g/mol. The number of nitrogens with zero attached hydrogens (tertiary/aromatic N) is 4. The van der Waals surface area contributed by atoms with Gasteiger partial charge >= 0.3 is 0 Å². The molecule has 0 radical (unpaired) electrons. The number of nitrogens with two attached hydrogens (primary N) is 1. The second kappa shape index (κ2) is 7.27. The van der Waals surface area contributed by atoms with Crippen LogP contribution in [0.25, 0.3) is 0 Å². The Bertz CT molecular complexity index is 976. The molecule has 3 rings (SSSR count). The number of likely N-dealkylation sites (N-methyl/N-ethyl adjacent to an activating group) is 1. The van der Waals surface area contributed by atoms with Crippen LogP contribution in [0.1, 0.15) is 11.5 Å². The second-order valence-electron chi connectivity index (χ2n) is 6.98. The fourth-order valence-electron chi connectivity index (χ4n) is 4.32. The average Bonchev–Trinajstić information content (AvgIpc) is 2.72. The number of benzene rings is 1. The van der Waals surface area contributed by atoms with Crippen LogP contribution in [0.5, 0.6) is 11.5 Å². The summed E-state index contributed by atoms with van der Waals surface area (Å²) in [5.74, 6) is 0.0958. The van der Waals surface area contributed by atoms with Gasteiger partial charge < -0.3 is 20.1 Å². The molecule has 1 aliphatic carbocycles. The third-order valence-electron chi connectivity index (χ3n) is 5.62. The molecule has 1 aromatic rings. The maximum Gasteiger partial charge on any atom is 0.191 e. The summed E-state index contributed by atoms with van der Waals surface area (Å²) in [4.78, 5) is 2.09. The molecule has 142 valence electrons. The van der Waals surface area contributed by atoms with E-state index in [0.29, 0.717) is 30.2 Å². The van der Waals surface area contributed by atoms with E-state index >= 15 is 0 Å². The van der Waals surface area contributed by atoms with E-state index < -0.39 is 11.3 Å². The summed E-state index contributed by atoms with van der Waals surface area (Å²) in [5, 5.41) is 29.9. The van der Waals surface area contributed by atoms with E-state index in [2.05, 4.69) is 23.1 Å². The van der Waals surface area contributed by atoms with E-state index in [1.54, 1.807) is 12.1 Å². The molecule has 2 aliphatic rings.